The number of allylic oxidation sites excluding steroid dienone is 12. The number of benzene rings is 4. The van der Waals surface area contributed by atoms with Gasteiger partial charge in [-0.25, -0.2) is 0 Å². The fourth-order valence-electron chi connectivity index (χ4n) is 10.4. The van der Waals surface area contributed by atoms with Gasteiger partial charge in [0.15, 0.2) is 46.3 Å². The molecular formula is C62H54O18. The maximum Gasteiger partial charge on any atom is 0.199 e. The number of aromatic hydroxyl groups is 8. The molecule has 4 aliphatic rings. The Morgan fingerprint density at radius 1 is 0.350 bits per heavy atom. The van der Waals surface area contributed by atoms with E-state index in [0.717, 1.165) is 24.3 Å². The number of rotatable bonds is 13. The second kappa shape index (κ2) is 21.0. The molecule has 18 nitrogen and oxygen atoms in total. The first-order chi connectivity index (χ1) is 37.5. The van der Waals surface area contributed by atoms with Crippen molar-refractivity contribution in [3.8, 4) is 46.0 Å². The molecule has 80 heavy (non-hydrogen) atoms. The van der Waals surface area contributed by atoms with E-state index in [1.165, 1.54) is 0 Å². The quantitative estimate of drug-likeness (QED) is 0.0440. The molecule has 0 heterocycles. The Balaban J connectivity index is 1.53. The highest BCUT2D eigenvalue weighted by Gasteiger charge is 2.49. The second-order valence-corrected chi connectivity index (χ2v) is 20.7. The van der Waals surface area contributed by atoms with Gasteiger partial charge in [-0.3, -0.25) is 38.4 Å². The van der Waals surface area contributed by atoms with Gasteiger partial charge in [-0.05, 0) is 117 Å². The summed E-state index contributed by atoms with van der Waals surface area (Å²) in [6.07, 6.45) is 1.86. The molecule has 0 aromatic heterocycles. The van der Waals surface area contributed by atoms with Gasteiger partial charge in [0.05, 0.1) is 56.7 Å². The number of ketones is 8. The summed E-state index contributed by atoms with van der Waals surface area (Å²) >= 11 is 0. The van der Waals surface area contributed by atoms with E-state index in [0.29, 0.717) is 34.4 Å². The lowest BCUT2D eigenvalue weighted by atomic mass is 9.69. The Morgan fingerprint density at radius 3 is 0.887 bits per heavy atom. The number of aliphatic hydroxyl groups excluding tert-OH is 2. The average Bonchev–Trinajstić information content (AvgIpc) is 3.42. The largest absolute Gasteiger partial charge is 0.507 e. The first-order valence-corrected chi connectivity index (χ1v) is 25.1. The highest BCUT2D eigenvalue weighted by molar-refractivity contribution is 6.51. The summed E-state index contributed by atoms with van der Waals surface area (Å²) in [4.78, 5) is 121. The standard InChI is InChI=1S/C62H54O18/c1-23(2)9-13-27-39(31(63)15-11-25(5)6)57(75)51-47(53(27)71)37(69)21-29(55(51)73)41-49(61(79)45-35(67)19-17-33(65)43(45)59(41)77)50-42(60(78)44-34(66)18-20-36(68)46(44)62(50)80)30-22-38(70)48-52(56(30)74)58(76)40(32(64)16-12-26(7)8)28(54(48)72)14-10-24(3)4/h9-12,17-22,31-32,63-70,73-74H,13-16H2,1-8H3/t31-,32-/m0/s1. The minimum absolute atomic E-state index is 0.231. The van der Waals surface area contributed by atoms with Gasteiger partial charge in [0.25, 0.3) is 0 Å². The number of phenolic OH excluding ortho intramolecular Hbond substituents is 8. The molecule has 8 rings (SSSR count). The minimum atomic E-state index is -1.72. The topological polar surface area (TPSA) is 339 Å². The van der Waals surface area contributed by atoms with Crippen LogP contribution in [0.15, 0.2) is 116 Å². The molecular weight excluding hydrogens is 1030 g/mol. The van der Waals surface area contributed by atoms with Crippen molar-refractivity contribution in [3.05, 3.63) is 172 Å². The molecule has 0 saturated carbocycles. The van der Waals surface area contributed by atoms with Crippen LogP contribution < -0.4 is 0 Å². The van der Waals surface area contributed by atoms with Crippen LogP contribution in [-0.2, 0) is 0 Å². The zero-order chi connectivity index (χ0) is 59.0. The number of carbonyl (C=O) groups is 8. The van der Waals surface area contributed by atoms with E-state index in [2.05, 4.69) is 0 Å². The predicted molar refractivity (Wildman–Crippen MR) is 290 cm³/mol. The third-order valence-corrected chi connectivity index (χ3v) is 14.2. The van der Waals surface area contributed by atoms with Crippen molar-refractivity contribution in [1.29, 1.82) is 0 Å². The summed E-state index contributed by atoms with van der Waals surface area (Å²) in [6.45, 7) is 13.6. The van der Waals surface area contributed by atoms with Gasteiger partial charge in [0.2, 0.25) is 0 Å². The Morgan fingerprint density at radius 2 is 0.613 bits per heavy atom. The van der Waals surface area contributed by atoms with Gasteiger partial charge in [-0.2, -0.15) is 0 Å². The number of hydrogen-bond acceptors (Lipinski definition) is 18. The van der Waals surface area contributed by atoms with Crippen LogP contribution in [0.25, 0.3) is 11.1 Å². The van der Waals surface area contributed by atoms with E-state index in [-0.39, 0.29) is 36.8 Å². The summed E-state index contributed by atoms with van der Waals surface area (Å²) in [5.41, 5.74) is -13.8. The van der Waals surface area contributed by atoms with Crippen LogP contribution in [0.5, 0.6) is 46.0 Å². The SMILES string of the molecule is CC(C)=CCC1=C([C@@H](O)CC=C(C)C)C(=O)c2c(O)c(C3=C(C4=C(c5cc(O)c6c(c5O)C(=O)C([C@@H](O)CC=C(C)C)=C(CC=C(C)C)C6=O)C(=O)c5c(O)ccc(O)c5C4=O)C(=O)c4c(O)ccc(O)c4C3=O)cc(O)c2C1=O. The molecule has 10 N–H and O–H groups in total. The Hall–Kier alpha value is -9.52. The van der Waals surface area contributed by atoms with E-state index in [1.54, 1.807) is 79.7 Å². The molecule has 18 heteroatoms. The molecule has 4 aliphatic carbocycles. The van der Waals surface area contributed by atoms with Crippen molar-refractivity contribution in [2.24, 2.45) is 0 Å². The smallest absolute Gasteiger partial charge is 0.199 e. The van der Waals surface area contributed by atoms with Gasteiger partial charge < -0.3 is 51.1 Å². The van der Waals surface area contributed by atoms with Gasteiger partial charge in [0, 0.05) is 55.7 Å². The summed E-state index contributed by atoms with van der Waals surface area (Å²) in [7, 11) is 0. The number of fused-ring (bicyclic) bond motifs is 4. The van der Waals surface area contributed by atoms with Crippen LogP contribution in [0.2, 0.25) is 0 Å². The van der Waals surface area contributed by atoms with Gasteiger partial charge >= 0.3 is 0 Å². The Labute approximate surface area is 456 Å². The normalized spacial score (nSPS) is 15.9. The fourth-order valence-corrected chi connectivity index (χ4v) is 10.4. The average molecular weight is 1090 g/mol. The summed E-state index contributed by atoms with van der Waals surface area (Å²) in [5, 5.41) is 117. The highest BCUT2D eigenvalue weighted by Crippen LogP contribution is 2.54. The zero-order valence-corrected chi connectivity index (χ0v) is 44.5. The molecule has 0 spiro atoms. The molecule has 2 atom stereocenters. The molecule has 0 fully saturated rings. The lowest BCUT2D eigenvalue weighted by Gasteiger charge is -2.30. The fraction of sp³-hybridized carbons (Fsp3) is 0.226. The maximum absolute atomic E-state index is 15.5. The number of carbonyl (C=O) groups excluding carboxylic acids is 8. The molecule has 410 valence electrons. The molecule has 0 unspecified atom stereocenters. The minimum Gasteiger partial charge on any atom is -0.507 e. The van der Waals surface area contributed by atoms with E-state index in [1.807, 2.05) is 0 Å². The highest BCUT2D eigenvalue weighted by atomic mass is 16.3. The summed E-state index contributed by atoms with van der Waals surface area (Å²) in [6, 6.07) is 4.26. The molecule has 0 radical (unpaired) electrons. The van der Waals surface area contributed by atoms with Crippen molar-refractivity contribution in [2.75, 3.05) is 0 Å². The van der Waals surface area contributed by atoms with Crippen LogP contribution in [0.1, 0.15) is 175 Å². The zero-order valence-electron chi connectivity index (χ0n) is 44.5. The van der Waals surface area contributed by atoms with Crippen LogP contribution in [0.4, 0.5) is 0 Å². The third-order valence-electron chi connectivity index (χ3n) is 14.2. The first-order valence-electron chi connectivity index (χ1n) is 25.1. The lowest BCUT2D eigenvalue weighted by Crippen LogP contribution is -2.31. The van der Waals surface area contributed by atoms with Crippen LogP contribution in [0.3, 0.4) is 0 Å². The Bertz CT molecular complexity index is 3630. The van der Waals surface area contributed by atoms with Gasteiger partial charge in [0.1, 0.15) is 46.0 Å². The van der Waals surface area contributed by atoms with Crippen molar-refractivity contribution in [3.63, 3.8) is 0 Å². The number of phenols is 8. The molecule has 0 bridgehead atoms. The number of aliphatic hydroxyl groups is 2. The number of Topliss-reactive ketones (excluding diaryl/α,β-unsaturated/α-hetero) is 8. The predicted octanol–water partition coefficient (Wildman–Crippen LogP) is 9.20. The van der Waals surface area contributed by atoms with Crippen LogP contribution >= 0.6 is 0 Å². The molecule has 0 amide bonds. The van der Waals surface area contributed by atoms with Crippen LogP contribution in [0, 0.1) is 0 Å². The molecule has 0 saturated heterocycles. The van der Waals surface area contributed by atoms with Crippen molar-refractivity contribution >= 4 is 57.4 Å². The monoisotopic (exact) mass is 1090 g/mol. The first kappa shape index (κ1) is 56.7. The lowest BCUT2D eigenvalue weighted by molar-refractivity contribution is 0.0930. The summed E-state index contributed by atoms with van der Waals surface area (Å²) in [5.74, 6) is -20.0. The van der Waals surface area contributed by atoms with Crippen molar-refractivity contribution in [2.45, 2.75) is 93.3 Å². The Kier molecular flexibility index (Phi) is 14.9. The number of hydrogen-bond donors (Lipinski definition) is 10. The van der Waals surface area contributed by atoms with Crippen molar-refractivity contribution in [1.82, 2.24) is 0 Å². The summed E-state index contributed by atoms with van der Waals surface area (Å²) < 4.78 is 0. The molecule has 4 aromatic rings. The van der Waals surface area contributed by atoms with E-state index in [4.69, 9.17) is 0 Å². The van der Waals surface area contributed by atoms with Crippen LogP contribution in [-0.4, -0.2) is 110 Å². The van der Waals surface area contributed by atoms with E-state index < -0.39 is 194 Å². The molecule has 4 aromatic carbocycles. The second-order valence-electron chi connectivity index (χ2n) is 20.7. The van der Waals surface area contributed by atoms with E-state index in [9.17, 15) is 70.2 Å². The van der Waals surface area contributed by atoms with Gasteiger partial charge in [-0.1, -0.05) is 46.6 Å². The van der Waals surface area contributed by atoms with E-state index >= 15 is 19.2 Å². The van der Waals surface area contributed by atoms with Gasteiger partial charge in [-0.15, -0.1) is 0 Å². The third kappa shape index (κ3) is 9.16. The van der Waals surface area contributed by atoms with Crippen molar-refractivity contribution < 1.29 is 89.4 Å². The maximum atomic E-state index is 15.5. The molecule has 0 aliphatic heterocycles.